The van der Waals surface area contributed by atoms with Crippen molar-refractivity contribution in [3.05, 3.63) is 92.7 Å². The molecule has 9 heteroatoms. The van der Waals surface area contributed by atoms with Crippen molar-refractivity contribution in [2.45, 2.75) is 6.42 Å². The average Bonchev–Trinajstić information content (AvgIpc) is 2.78. The summed E-state index contributed by atoms with van der Waals surface area (Å²) in [6, 6.07) is 17.1. The standard InChI is InChI=1S/C23H13Cl2FN4O2/c24-17-7-14(12-28)8-18(10-17)31-22-19(25)5-4-15(21(22)26)9-20(29)32-23(30)16-3-1-2-13(6-16)11-27/h1-8,10,29-30H,9H2. The van der Waals surface area contributed by atoms with Crippen molar-refractivity contribution in [3.8, 4) is 23.6 Å². The second-order valence-electron chi connectivity index (χ2n) is 6.46. The number of hydrogen-bond donors (Lipinski definition) is 2. The molecule has 0 aliphatic carbocycles. The predicted molar refractivity (Wildman–Crippen MR) is 118 cm³/mol. The van der Waals surface area contributed by atoms with E-state index in [1.54, 1.807) is 18.2 Å². The average molecular weight is 467 g/mol. The number of halogens is 3. The maximum atomic E-state index is 15.1. The quantitative estimate of drug-likeness (QED) is 0.342. The van der Waals surface area contributed by atoms with E-state index in [2.05, 4.69) is 0 Å². The monoisotopic (exact) mass is 466 g/mol. The molecule has 0 fully saturated rings. The van der Waals surface area contributed by atoms with Crippen molar-refractivity contribution in [1.29, 1.82) is 21.3 Å². The lowest BCUT2D eigenvalue weighted by molar-refractivity contribution is 0.438. The summed E-state index contributed by atoms with van der Waals surface area (Å²) >= 11 is 12.0. The lowest BCUT2D eigenvalue weighted by Crippen LogP contribution is -2.15. The van der Waals surface area contributed by atoms with Gasteiger partial charge in [-0.3, -0.25) is 10.8 Å². The van der Waals surface area contributed by atoms with Gasteiger partial charge in [-0.25, -0.2) is 4.39 Å². The molecule has 2 N–H and O–H groups in total. The zero-order valence-electron chi connectivity index (χ0n) is 16.2. The predicted octanol–water partition coefficient (Wildman–Crippen LogP) is 6.23. The van der Waals surface area contributed by atoms with Gasteiger partial charge in [0.1, 0.15) is 5.75 Å². The summed E-state index contributed by atoms with van der Waals surface area (Å²) < 4.78 is 25.8. The van der Waals surface area contributed by atoms with Crippen LogP contribution in [0.3, 0.4) is 0 Å². The number of nitriles is 2. The zero-order valence-corrected chi connectivity index (χ0v) is 17.8. The molecule has 6 nitrogen and oxygen atoms in total. The molecule has 32 heavy (non-hydrogen) atoms. The van der Waals surface area contributed by atoms with E-state index < -0.39 is 5.82 Å². The molecule has 0 aliphatic heterocycles. The van der Waals surface area contributed by atoms with Crippen LogP contribution in [-0.2, 0) is 11.2 Å². The highest BCUT2D eigenvalue weighted by Gasteiger charge is 2.18. The van der Waals surface area contributed by atoms with Crippen LogP contribution in [0.1, 0.15) is 22.3 Å². The van der Waals surface area contributed by atoms with E-state index in [9.17, 15) is 0 Å². The molecule has 0 amide bonds. The van der Waals surface area contributed by atoms with Crippen molar-refractivity contribution >= 4 is 35.0 Å². The Labute approximate surface area is 193 Å². The highest BCUT2D eigenvalue weighted by molar-refractivity contribution is 6.32. The summed E-state index contributed by atoms with van der Waals surface area (Å²) in [6.07, 6.45) is -0.279. The fourth-order valence-electron chi connectivity index (χ4n) is 2.73. The third-order valence-corrected chi connectivity index (χ3v) is 4.70. The number of nitrogens with one attached hydrogen (secondary N) is 2. The topological polar surface area (TPSA) is 114 Å². The maximum Gasteiger partial charge on any atom is 0.220 e. The summed E-state index contributed by atoms with van der Waals surface area (Å²) in [7, 11) is 0. The number of ether oxygens (including phenoxy) is 2. The maximum absolute atomic E-state index is 15.1. The molecule has 0 unspecified atom stereocenters. The Balaban J connectivity index is 1.78. The molecular weight excluding hydrogens is 454 g/mol. The Morgan fingerprint density at radius 1 is 0.969 bits per heavy atom. The highest BCUT2D eigenvalue weighted by Crippen LogP contribution is 2.35. The van der Waals surface area contributed by atoms with Gasteiger partial charge in [-0.2, -0.15) is 10.5 Å². The molecule has 0 radical (unpaired) electrons. The Morgan fingerprint density at radius 2 is 1.72 bits per heavy atom. The Bertz CT molecular complexity index is 1310. The first kappa shape index (κ1) is 22.8. The van der Waals surface area contributed by atoms with Crippen molar-refractivity contribution in [3.63, 3.8) is 0 Å². The summed E-state index contributed by atoms with van der Waals surface area (Å²) in [4.78, 5) is 0. The molecule has 0 bridgehead atoms. The molecule has 0 heterocycles. The second-order valence-corrected chi connectivity index (χ2v) is 7.31. The van der Waals surface area contributed by atoms with E-state index in [0.29, 0.717) is 11.1 Å². The Hall–Kier alpha value is -3.91. The van der Waals surface area contributed by atoms with Crippen LogP contribution in [0.25, 0.3) is 0 Å². The first-order chi connectivity index (χ1) is 15.3. The molecule has 0 aliphatic rings. The van der Waals surface area contributed by atoms with Crippen LogP contribution in [0.2, 0.25) is 10.0 Å². The molecule has 158 valence electrons. The molecule has 3 aromatic rings. The van der Waals surface area contributed by atoms with Gasteiger partial charge in [0, 0.05) is 16.1 Å². The van der Waals surface area contributed by atoms with Gasteiger partial charge in [0.15, 0.2) is 17.5 Å². The zero-order chi connectivity index (χ0) is 23.3. The smallest absolute Gasteiger partial charge is 0.220 e. The molecule has 3 aromatic carbocycles. The fourth-order valence-corrected chi connectivity index (χ4v) is 3.14. The summed E-state index contributed by atoms with van der Waals surface area (Å²) in [5.74, 6) is -1.72. The minimum Gasteiger partial charge on any atom is -0.453 e. The minimum absolute atomic E-state index is 0.0155. The molecule has 0 saturated heterocycles. The molecule has 3 rings (SSSR count). The van der Waals surface area contributed by atoms with Gasteiger partial charge in [0.2, 0.25) is 5.90 Å². The highest BCUT2D eigenvalue weighted by atomic mass is 35.5. The minimum atomic E-state index is -0.817. The lowest BCUT2D eigenvalue weighted by atomic mass is 10.1. The number of rotatable bonds is 5. The van der Waals surface area contributed by atoms with Crippen LogP contribution in [0.15, 0.2) is 54.6 Å². The van der Waals surface area contributed by atoms with Gasteiger partial charge in [0.05, 0.1) is 34.7 Å². The van der Waals surface area contributed by atoms with Crippen molar-refractivity contribution in [2.24, 2.45) is 0 Å². The van der Waals surface area contributed by atoms with E-state index in [1.165, 1.54) is 36.4 Å². The van der Waals surface area contributed by atoms with Crippen LogP contribution in [0.5, 0.6) is 11.5 Å². The first-order valence-electron chi connectivity index (χ1n) is 9.00. The third-order valence-electron chi connectivity index (χ3n) is 4.18. The number of hydrogen-bond acceptors (Lipinski definition) is 6. The summed E-state index contributed by atoms with van der Waals surface area (Å²) in [6.45, 7) is 0. The SMILES string of the molecule is N#Cc1cc(Cl)cc(Oc2c(Cl)ccc(CC(=N)OC(=N)c3cccc(C#N)c3)c2F)c1. The molecule has 0 spiro atoms. The summed E-state index contributed by atoms with van der Waals surface area (Å²) in [5.41, 5.74) is 0.932. The molecular formula is C23H13Cl2FN4O2. The van der Waals surface area contributed by atoms with Crippen LogP contribution in [0.4, 0.5) is 4.39 Å². The van der Waals surface area contributed by atoms with Crippen LogP contribution in [-0.4, -0.2) is 11.8 Å². The van der Waals surface area contributed by atoms with Gasteiger partial charge in [-0.15, -0.1) is 0 Å². The molecule has 0 atom stereocenters. The fraction of sp³-hybridized carbons (Fsp3) is 0.0435. The van der Waals surface area contributed by atoms with Crippen LogP contribution < -0.4 is 4.74 Å². The van der Waals surface area contributed by atoms with E-state index in [4.69, 9.17) is 54.0 Å². The number of nitrogens with zero attached hydrogens (tertiary/aromatic N) is 2. The van der Waals surface area contributed by atoms with Gasteiger partial charge >= 0.3 is 0 Å². The number of benzene rings is 3. The van der Waals surface area contributed by atoms with Gasteiger partial charge < -0.3 is 9.47 Å². The van der Waals surface area contributed by atoms with Crippen molar-refractivity contribution < 1.29 is 13.9 Å². The largest absolute Gasteiger partial charge is 0.453 e. The first-order valence-corrected chi connectivity index (χ1v) is 9.76. The van der Waals surface area contributed by atoms with Gasteiger partial charge in [0.25, 0.3) is 0 Å². The van der Waals surface area contributed by atoms with E-state index in [0.717, 1.165) is 0 Å². The van der Waals surface area contributed by atoms with E-state index in [-0.39, 0.29) is 50.9 Å². The molecule has 0 aromatic heterocycles. The van der Waals surface area contributed by atoms with E-state index in [1.807, 2.05) is 12.1 Å². The van der Waals surface area contributed by atoms with Gasteiger partial charge in [-0.05, 0) is 42.5 Å². The van der Waals surface area contributed by atoms with Crippen LogP contribution in [0, 0.1) is 39.3 Å². The third kappa shape index (κ3) is 5.41. The van der Waals surface area contributed by atoms with Crippen molar-refractivity contribution in [2.75, 3.05) is 0 Å². The van der Waals surface area contributed by atoms with Gasteiger partial charge in [-0.1, -0.05) is 35.3 Å². The molecule has 0 saturated carbocycles. The Kier molecular flexibility index (Phi) is 7.07. The second kappa shape index (κ2) is 9.93. The van der Waals surface area contributed by atoms with E-state index >= 15 is 4.39 Å². The summed E-state index contributed by atoms with van der Waals surface area (Å²) in [5, 5.41) is 34.2. The van der Waals surface area contributed by atoms with Crippen molar-refractivity contribution in [1.82, 2.24) is 0 Å². The Morgan fingerprint density at radius 3 is 2.44 bits per heavy atom. The lowest BCUT2D eigenvalue weighted by Gasteiger charge is -2.13. The van der Waals surface area contributed by atoms with Crippen LogP contribution >= 0.6 is 23.2 Å². The normalized spacial score (nSPS) is 10.0.